The fourth-order valence-corrected chi connectivity index (χ4v) is 2.07. The lowest BCUT2D eigenvalue weighted by molar-refractivity contribution is 0.0727. The van der Waals surface area contributed by atoms with Crippen LogP contribution in [0.15, 0.2) is 12.3 Å². The average Bonchev–Trinajstić information content (AvgIpc) is 2.63. The van der Waals surface area contributed by atoms with Gasteiger partial charge in [-0.05, 0) is 26.3 Å². The summed E-state index contributed by atoms with van der Waals surface area (Å²) < 4.78 is 5.47. The summed E-state index contributed by atoms with van der Waals surface area (Å²) in [6, 6.07) is 1.52. The van der Waals surface area contributed by atoms with E-state index in [9.17, 15) is 4.79 Å². The molecule has 0 saturated carbocycles. The zero-order valence-electron chi connectivity index (χ0n) is 10.4. The number of amides is 1. The minimum atomic E-state index is -0.356. The predicted octanol–water partition coefficient (Wildman–Crippen LogP) is 1.61. The first kappa shape index (κ1) is 13.1. The van der Waals surface area contributed by atoms with Gasteiger partial charge in [0.1, 0.15) is 5.82 Å². The molecule has 1 saturated heterocycles. The van der Waals surface area contributed by atoms with Crippen LogP contribution in [0.1, 0.15) is 30.6 Å². The number of pyridine rings is 1. The Morgan fingerprint density at radius 3 is 3.00 bits per heavy atom. The highest BCUT2D eigenvalue weighted by Gasteiger charge is 2.38. The monoisotopic (exact) mass is 269 g/mol. The summed E-state index contributed by atoms with van der Waals surface area (Å²) in [5, 5.41) is 3.25. The standard InChI is InChI=1S/C12H16ClN3O2/c1-7-12(2,3-4-18-7)16-11(17)8-5-9(13)10(14)15-6-8/h5-7H,3-4H2,1-2H3,(H2,14,15)(H,16,17). The van der Waals surface area contributed by atoms with Gasteiger partial charge in [0.2, 0.25) is 0 Å². The Balaban J connectivity index is 2.14. The summed E-state index contributed by atoms with van der Waals surface area (Å²) in [6.45, 7) is 4.56. The van der Waals surface area contributed by atoms with Crippen LogP contribution in [0.2, 0.25) is 5.02 Å². The molecule has 0 aliphatic carbocycles. The third kappa shape index (κ3) is 2.42. The molecule has 0 radical (unpaired) electrons. The maximum absolute atomic E-state index is 12.1. The SMILES string of the molecule is CC1OCCC1(C)NC(=O)c1cnc(N)c(Cl)c1. The molecular weight excluding hydrogens is 254 g/mol. The van der Waals surface area contributed by atoms with Crippen LogP contribution in [0.4, 0.5) is 5.82 Å². The molecule has 18 heavy (non-hydrogen) atoms. The maximum atomic E-state index is 12.1. The van der Waals surface area contributed by atoms with Gasteiger partial charge in [-0.2, -0.15) is 0 Å². The third-order valence-corrected chi connectivity index (χ3v) is 3.72. The zero-order chi connectivity index (χ0) is 13.3. The average molecular weight is 270 g/mol. The van der Waals surface area contributed by atoms with Gasteiger partial charge in [0, 0.05) is 12.8 Å². The molecule has 1 aliphatic heterocycles. The number of rotatable bonds is 2. The fourth-order valence-electron chi connectivity index (χ4n) is 1.90. The molecule has 6 heteroatoms. The second-order valence-corrected chi connectivity index (χ2v) is 5.13. The first-order valence-corrected chi connectivity index (χ1v) is 6.15. The van der Waals surface area contributed by atoms with Crippen molar-refractivity contribution in [3.63, 3.8) is 0 Å². The van der Waals surface area contributed by atoms with Crippen LogP contribution in [0.5, 0.6) is 0 Å². The Morgan fingerprint density at radius 2 is 2.44 bits per heavy atom. The number of nitrogens with two attached hydrogens (primary N) is 1. The van der Waals surface area contributed by atoms with Gasteiger partial charge in [-0.15, -0.1) is 0 Å². The highest BCUT2D eigenvalue weighted by atomic mass is 35.5. The third-order valence-electron chi connectivity index (χ3n) is 3.42. The number of carbonyl (C=O) groups is 1. The second kappa shape index (κ2) is 4.74. The molecule has 1 aromatic heterocycles. The van der Waals surface area contributed by atoms with Crippen molar-refractivity contribution in [3.8, 4) is 0 Å². The summed E-state index contributed by atoms with van der Waals surface area (Å²) in [5.74, 6) is 0.00115. The van der Waals surface area contributed by atoms with Crippen LogP contribution in [-0.4, -0.2) is 29.1 Å². The maximum Gasteiger partial charge on any atom is 0.253 e. The van der Waals surface area contributed by atoms with Crippen molar-refractivity contribution >= 4 is 23.3 Å². The molecule has 1 fully saturated rings. The van der Waals surface area contributed by atoms with Crippen molar-refractivity contribution in [2.45, 2.75) is 31.9 Å². The number of nitrogen functional groups attached to an aromatic ring is 1. The molecule has 1 aromatic rings. The van der Waals surface area contributed by atoms with Crippen LogP contribution in [0.3, 0.4) is 0 Å². The van der Waals surface area contributed by atoms with Gasteiger partial charge in [-0.25, -0.2) is 4.98 Å². The molecule has 2 atom stereocenters. The van der Waals surface area contributed by atoms with E-state index < -0.39 is 0 Å². The van der Waals surface area contributed by atoms with Crippen molar-refractivity contribution in [1.82, 2.24) is 10.3 Å². The molecule has 98 valence electrons. The molecule has 0 aromatic carbocycles. The van der Waals surface area contributed by atoms with Gasteiger partial charge in [-0.3, -0.25) is 4.79 Å². The van der Waals surface area contributed by atoms with Gasteiger partial charge < -0.3 is 15.8 Å². The molecule has 3 N–H and O–H groups in total. The molecule has 2 heterocycles. The van der Waals surface area contributed by atoms with E-state index in [1.54, 1.807) is 0 Å². The lowest BCUT2D eigenvalue weighted by Gasteiger charge is -2.28. The number of carbonyl (C=O) groups excluding carboxylic acids is 1. The van der Waals surface area contributed by atoms with Crippen LogP contribution in [0, 0.1) is 0 Å². The van der Waals surface area contributed by atoms with Gasteiger partial charge >= 0.3 is 0 Å². The minimum Gasteiger partial charge on any atom is -0.382 e. The number of halogens is 1. The highest BCUT2D eigenvalue weighted by Crippen LogP contribution is 2.26. The number of hydrogen-bond donors (Lipinski definition) is 2. The van der Waals surface area contributed by atoms with Crippen molar-refractivity contribution in [3.05, 3.63) is 22.8 Å². The van der Waals surface area contributed by atoms with E-state index in [1.165, 1.54) is 12.3 Å². The van der Waals surface area contributed by atoms with Crippen LogP contribution >= 0.6 is 11.6 Å². The predicted molar refractivity (Wildman–Crippen MR) is 69.6 cm³/mol. The van der Waals surface area contributed by atoms with Crippen LogP contribution in [-0.2, 0) is 4.74 Å². The van der Waals surface area contributed by atoms with E-state index in [-0.39, 0.29) is 28.4 Å². The summed E-state index contributed by atoms with van der Waals surface area (Å²) in [7, 11) is 0. The van der Waals surface area contributed by atoms with Crippen LogP contribution in [0.25, 0.3) is 0 Å². The minimum absolute atomic E-state index is 0.0151. The normalized spacial score (nSPS) is 27.2. The molecular formula is C12H16ClN3O2. The van der Waals surface area contributed by atoms with Crippen molar-refractivity contribution in [2.24, 2.45) is 0 Å². The van der Waals surface area contributed by atoms with Gasteiger partial charge in [0.15, 0.2) is 0 Å². The zero-order valence-corrected chi connectivity index (χ0v) is 11.1. The summed E-state index contributed by atoms with van der Waals surface area (Å²) in [4.78, 5) is 16.0. The van der Waals surface area contributed by atoms with E-state index in [4.69, 9.17) is 22.1 Å². The van der Waals surface area contributed by atoms with E-state index >= 15 is 0 Å². The largest absolute Gasteiger partial charge is 0.382 e. The van der Waals surface area contributed by atoms with E-state index in [0.717, 1.165) is 6.42 Å². The number of hydrogen-bond acceptors (Lipinski definition) is 4. The van der Waals surface area contributed by atoms with E-state index in [0.29, 0.717) is 12.2 Å². The Kier molecular flexibility index (Phi) is 3.45. The first-order chi connectivity index (χ1) is 8.42. The van der Waals surface area contributed by atoms with E-state index in [2.05, 4.69) is 10.3 Å². The number of nitrogens with one attached hydrogen (secondary N) is 1. The quantitative estimate of drug-likeness (QED) is 0.855. The van der Waals surface area contributed by atoms with Gasteiger partial charge in [0.05, 0.1) is 22.2 Å². The molecule has 1 aliphatic rings. The number of aromatic nitrogens is 1. The smallest absolute Gasteiger partial charge is 0.253 e. The Bertz CT molecular complexity index is 480. The van der Waals surface area contributed by atoms with Gasteiger partial charge in [0.25, 0.3) is 5.91 Å². The number of anilines is 1. The molecule has 2 unspecified atom stereocenters. The molecule has 1 amide bonds. The summed E-state index contributed by atoms with van der Waals surface area (Å²) in [6.07, 6.45) is 2.19. The second-order valence-electron chi connectivity index (χ2n) is 4.73. The Labute approximate surface area is 111 Å². The molecule has 5 nitrogen and oxygen atoms in total. The van der Waals surface area contributed by atoms with Crippen molar-refractivity contribution in [2.75, 3.05) is 12.3 Å². The number of nitrogens with zero attached hydrogens (tertiary/aromatic N) is 1. The van der Waals surface area contributed by atoms with Crippen molar-refractivity contribution < 1.29 is 9.53 Å². The van der Waals surface area contributed by atoms with Crippen LogP contribution < -0.4 is 11.1 Å². The lowest BCUT2D eigenvalue weighted by atomic mass is 9.94. The highest BCUT2D eigenvalue weighted by molar-refractivity contribution is 6.33. The molecule has 2 rings (SSSR count). The van der Waals surface area contributed by atoms with E-state index in [1.807, 2.05) is 13.8 Å². The van der Waals surface area contributed by atoms with Gasteiger partial charge in [-0.1, -0.05) is 11.6 Å². The molecule has 0 bridgehead atoms. The lowest BCUT2D eigenvalue weighted by Crippen LogP contribution is -2.50. The summed E-state index contributed by atoms with van der Waals surface area (Å²) in [5.41, 5.74) is 5.55. The molecule has 0 spiro atoms. The Morgan fingerprint density at radius 1 is 1.72 bits per heavy atom. The summed E-state index contributed by atoms with van der Waals surface area (Å²) >= 11 is 5.85. The topological polar surface area (TPSA) is 77.2 Å². The first-order valence-electron chi connectivity index (χ1n) is 5.77. The van der Waals surface area contributed by atoms with Crippen molar-refractivity contribution in [1.29, 1.82) is 0 Å². The number of ether oxygens (including phenoxy) is 1. The Hall–Kier alpha value is -1.33. The fraction of sp³-hybridized carbons (Fsp3) is 0.500.